The van der Waals surface area contributed by atoms with Gasteiger partial charge in [0.15, 0.2) is 0 Å². The SMILES string of the molecule is CCc1cc(F)ccc1CCCBr. The van der Waals surface area contributed by atoms with Crippen molar-refractivity contribution in [2.75, 3.05) is 5.33 Å². The van der Waals surface area contributed by atoms with Crippen molar-refractivity contribution >= 4 is 15.9 Å². The molecule has 0 unspecified atom stereocenters. The third-order valence-electron chi connectivity index (χ3n) is 2.13. The summed E-state index contributed by atoms with van der Waals surface area (Å²) in [6, 6.07) is 5.09. The molecule has 0 atom stereocenters. The Morgan fingerprint density at radius 2 is 2.08 bits per heavy atom. The normalized spacial score (nSPS) is 10.4. The van der Waals surface area contributed by atoms with Crippen molar-refractivity contribution < 1.29 is 4.39 Å². The molecule has 13 heavy (non-hydrogen) atoms. The van der Waals surface area contributed by atoms with Gasteiger partial charge in [0.05, 0.1) is 0 Å². The van der Waals surface area contributed by atoms with Gasteiger partial charge in [-0.25, -0.2) is 4.39 Å². The number of hydrogen-bond acceptors (Lipinski definition) is 0. The Bertz CT molecular complexity index is 271. The summed E-state index contributed by atoms with van der Waals surface area (Å²) in [5, 5.41) is 1.01. The molecule has 0 saturated carbocycles. The summed E-state index contributed by atoms with van der Waals surface area (Å²) in [4.78, 5) is 0. The molecule has 72 valence electrons. The fraction of sp³-hybridized carbons (Fsp3) is 0.455. The van der Waals surface area contributed by atoms with Crippen LogP contribution in [0.1, 0.15) is 24.5 Å². The van der Waals surface area contributed by atoms with Crippen LogP contribution >= 0.6 is 15.9 Å². The number of alkyl halides is 1. The first-order valence-electron chi connectivity index (χ1n) is 4.61. The average Bonchev–Trinajstić information content (AvgIpc) is 2.16. The van der Waals surface area contributed by atoms with Crippen molar-refractivity contribution in [3.8, 4) is 0 Å². The molecule has 0 aliphatic heterocycles. The lowest BCUT2D eigenvalue weighted by Crippen LogP contribution is -1.94. The monoisotopic (exact) mass is 244 g/mol. The molecule has 1 aromatic rings. The van der Waals surface area contributed by atoms with E-state index in [0.29, 0.717) is 0 Å². The molecule has 0 fully saturated rings. The van der Waals surface area contributed by atoms with E-state index in [0.717, 1.165) is 30.2 Å². The van der Waals surface area contributed by atoms with Gasteiger partial charge in [0, 0.05) is 5.33 Å². The van der Waals surface area contributed by atoms with Crippen LogP contribution in [0.5, 0.6) is 0 Å². The molecule has 0 aliphatic carbocycles. The lowest BCUT2D eigenvalue weighted by Gasteiger charge is -2.06. The van der Waals surface area contributed by atoms with Crippen LogP contribution in [-0.4, -0.2) is 5.33 Å². The van der Waals surface area contributed by atoms with Crippen LogP contribution in [0.3, 0.4) is 0 Å². The standard InChI is InChI=1S/C11H14BrF/c1-2-9-8-11(13)6-5-10(9)4-3-7-12/h5-6,8H,2-4,7H2,1H3. The number of benzene rings is 1. The third-order valence-corrected chi connectivity index (χ3v) is 2.69. The largest absolute Gasteiger partial charge is 0.207 e. The molecule has 0 amide bonds. The number of hydrogen-bond donors (Lipinski definition) is 0. The molecular formula is C11H14BrF. The average molecular weight is 245 g/mol. The lowest BCUT2D eigenvalue weighted by molar-refractivity contribution is 0.624. The first-order valence-corrected chi connectivity index (χ1v) is 5.73. The van der Waals surface area contributed by atoms with Crippen molar-refractivity contribution in [1.82, 2.24) is 0 Å². The molecule has 0 radical (unpaired) electrons. The quantitative estimate of drug-likeness (QED) is 0.709. The first-order chi connectivity index (χ1) is 6.27. The molecule has 1 aromatic carbocycles. The van der Waals surface area contributed by atoms with Crippen LogP contribution in [0.4, 0.5) is 4.39 Å². The maximum Gasteiger partial charge on any atom is 0.123 e. The van der Waals surface area contributed by atoms with Gasteiger partial charge in [-0.15, -0.1) is 0 Å². The van der Waals surface area contributed by atoms with Crippen LogP contribution in [0.2, 0.25) is 0 Å². The van der Waals surface area contributed by atoms with Crippen LogP contribution in [0, 0.1) is 5.82 Å². The summed E-state index contributed by atoms with van der Waals surface area (Å²) in [5.74, 6) is -0.126. The van der Waals surface area contributed by atoms with Gasteiger partial charge >= 0.3 is 0 Å². The summed E-state index contributed by atoms with van der Waals surface area (Å²) >= 11 is 3.39. The molecule has 0 aliphatic rings. The molecule has 2 heteroatoms. The molecule has 0 nitrogen and oxygen atoms in total. The van der Waals surface area contributed by atoms with Crippen molar-refractivity contribution in [3.05, 3.63) is 35.1 Å². The Labute approximate surface area is 87.3 Å². The van der Waals surface area contributed by atoms with Crippen molar-refractivity contribution in [2.45, 2.75) is 26.2 Å². The van der Waals surface area contributed by atoms with Gasteiger partial charge in [0.25, 0.3) is 0 Å². The van der Waals surface area contributed by atoms with Crippen LogP contribution < -0.4 is 0 Å². The number of aryl methyl sites for hydroxylation is 2. The second kappa shape index (κ2) is 5.38. The van der Waals surface area contributed by atoms with Crippen LogP contribution in [0.25, 0.3) is 0 Å². The van der Waals surface area contributed by atoms with E-state index in [4.69, 9.17) is 0 Å². The van der Waals surface area contributed by atoms with Gasteiger partial charge in [-0.05, 0) is 42.5 Å². The zero-order valence-corrected chi connectivity index (χ0v) is 9.40. The van der Waals surface area contributed by atoms with E-state index in [9.17, 15) is 4.39 Å². The maximum atomic E-state index is 12.8. The Hall–Kier alpha value is -0.370. The Balaban J connectivity index is 2.79. The lowest BCUT2D eigenvalue weighted by atomic mass is 10.0. The van der Waals surface area contributed by atoms with Crippen molar-refractivity contribution in [2.24, 2.45) is 0 Å². The minimum absolute atomic E-state index is 0.126. The van der Waals surface area contributed by atoms with Gasteiger partial charge in [-0.2, -0.15) is 0 Å². The van der Waals surface area contributed by atoms with E-state index in [1.165, 1.54) is 5.56 Å². The van der Waals surface area contributed by atoms with Crippen molar-refractivity contribution in [1.29, 1.82) is 0 Å². The molecule has 0 saturated heterocycles. The predicted octanol–water partition coefficient (Wildman–Crippen LogP) is 3.72. The highest BCUT2D eigenvalue weighted by atomic mass is 79.9. The topological polar surface area (TPSA) is 0 Å². The highest BCUT2D eigenvalue weighted by Crippen LogP contribution is 2.14. The molecule has 0 spiro atoms. The summed E-state index contributed by atoms with van der Waals surface area (Å²) in [7, 11) is 0. The smallest absolute Gasteiger partial charge is 0.123 e. The highest BCUT2D eigenvalue weighted by Gasteiger charge is 2.01. The predicted molar refractivity (Wildman–Crippen MR) is 57.9 cm³/mol. The van der Waals surface area contributed by atoms with E-state index < -0.39 is 0 Å². The molecule has 0 bridgehead atoms. The van der Waals surface area contributed by atoms with Gasteiger partial charge < -0.3 is 0 Å². The van der Waals surface area contributed by atoms with Crippen molar-refractivity contribution in [3.63, 3.8) is 0 Å². The molecule has 0 heterocycles. The summed E-state index contributed by atoms with van der Waals surface area (Å²) in [5.41, 5.74) is 2.42. The van der Waals surface area contributed by atoms with E-state index >= 15 is 0 Å². The summed E-state index contributed by atoms with van der Waals surface area (Å²) < 4.78 is 12.8. The van der Waals surface area contributed by atoms with E-state index in [2.05, 4.69) is 22.9 Å². The fourth-order valence-corrected chi connectivity index (χ4v) is 1.71. The highest BCUT2D eigenvalue weighted by molar-refractivity contribution is 9.09. The Morgan fingerprint density at radius 1 is 1.31 bits per heavy atom. The Kier molecular flexibility index (Phi) is 4.43. The second-order valence-corrected chi connectivity index (χ2v) is 3.85. The summed E-state index contributed by atoms with van der Waals surface area (Å²) in [6.07, 6.45) is 3.06. The maximum absolute atomic E-state index is 12.8. The first kappa shape index (κ1) is 10.7. The Morgan fingerprint density at radius 3 is 2.69 bits per heavy atom. The number of rotatable bonds is 4. The van der Waals surface area contributed by atoms with Gasteiger partial charge in [-0.3, -0.25) is 0 Å². The molecular weight excluding hydrogens is 231 g/mol. The molecule has 1 rings (SSSR count). The molecule has 0 aromatic heterocycles. The zero-order chi connectivity index (χ0) is 9.68. The van der Waals surface area contributed by atoms with E-state index in [1.54, 1.807) is 12.1 Å². The molecule has 0 N–H and O–H groups in total. The van der Waals surface area contributed by atoms with Gasteiger partial charge in [0.1, 0.15) is 5.82 Å². The van der Waals surface area contributed by atoms with Crippen LogP contribution in [0.15, 0.2) is 18.2 Å². The fourth-order valence-electron chi connectivity index (χ4n) is 1.42. The zero-order valence-electron chi connectivity index (χ0n) is 7.82. The van der Waals surface area contributed by atoms with Gasteiger partial charge in [-0.1, -0.05) is 28.9 Å². The van der Waals surface area contributed by atoms with Crippen LogP contribution in [-0.2, 0) is 12.8 Å². The second-order valence-electron chi connectivity index (χ2n) is 3.06. The third kappa shape index (κ3) is 3.11. The summed E-state index contributed by atoms with van der Waals surface area (Å²) in [6.45, 7) is 2.06. The van der Waals surface area contributed by atoms with E-state index in [-0.39, 0.29) is 5.82 Å². The number of halogens is 2. The van der Waals surface area contributed by atoms with E-state index in [1.807, 2.05) is 6.07 Å². The minimum atomic E-state index is -0.126. The van der Waals surface area contributed by atoms with Gasteiger partial charge in [0.2, 0.25) is 0 Å². The minimum Gasteiger partial charge on any atom is -0.207 e.